The van der Waals surface area contributed by atoms with Crippen molar-refractivity contribution in [1.82, 2.24) is 19.6 Å². The Morgan fingerprint density at radius 3 is 2.67 bits per heavy atom. The summed E-state index contributed by atoms with van der Waals surface area (Å²) in [6.45, 7) is 3.80. The van der Waals surface area contributed by atoms with Crippen molar-refractivity contribution in [1.29, 1.82) is 0 Å². The second-order valence-corrected chi connectivity index (χ2v) is 5.03. The van der Waals surface area contributed by atoms with Gasteiger partial charge in [-0.15, -0.1) is 0 Å². The number of nitrogen functional groups attached to an aromatic ring is 1. The molecule has 1 fully saturated rings. The molecule has 4 N–H and O–H groups in total. The molecule has 1 saturated heterocycles. The van der Waals surface area contributed by atoms with E-state index in [1.807, 2.05) is 0 Å². The van der Waals surface area contributed by atoms with Crippen molar-refractivity contribution >= 4 is 28.3 Å². The SMILES string of the molecule is CNC(=O)c1c(N)nsc1NN1CCN(C)CC1. The molecule has 0 aliphatic carbocycles. The van der Waals surface area contributed by atoms with Crippen molar-refractivity contribution in [2.24, 2.45) is 0 Å². The minimum atomic E-state index is -0.210. The first kappa shape index (κ1) is 13.1. The molecule has 0 saturated carbocycles. The number of likely N-dealkylation sites (N-methyl/N-ethyl adjacent to an activating group) is 1. The van der Waals surface area contributed by atoms with Crippen LogP contribution >= 0.6 is 11.5 Å². The molecule has 8 heteroatoms. The van der Waals surface area contributed by atoms with Gasteiger partial charge in [-0.2, -0.15) is 4.37 Å². The van der Waals surface area contributed by atoms with Crippen LogP contribution in [0.15, 0.2) is 0 Å². The van der Waals surface area contributed by atoms with E-state index in [2.05, 4.69) is 32.1 Å². The van der Waals surface area contributed by atoms with Crippen molar-refractivity contribution in [2.45, 2.75) is 0 Å². The van der Waals surface area contributed by atoms with Gasteiger partial charge in [-0.1, -0.05) is 0 Å². The Labute approximate surface area is 110 Å². The number of nitrogens with zero attached hydrogens (tertiary/aromatic N) is 3. The van der Waals surface area contributed by atoms with Gasteiger partial charge in [0.15, 0.2) is 5.82 Å². The topological polar surface area (TPSA) is 86.5 Å². The first-order chi connectivity index (χ1) is 8.61. The van der Waals surface area contributed by atoms with Crippen LogP contribution in [-0.4, -0.2) is 60.5 Å². The van der Waals surface area contributed by atoms with Crippen molar-refractivity contribution in [2.75, 3.05) is 51.4 Å². The molecule has 1 aromatic heterocycles. The molecule has 1 aliphatic rings. The molecule has 0 bridgehead atoms. The molecule has 1 aliphatic heterocycles. The van der Waals surface area contributed by atoms with E-state index in [-0.39, 0.29) is 11.7 Å². The fraction of sp³-hybridized carbons (Fsp3) is 0.600. The third kappa shape index (κ3) is 2.71. The third-order valence-electron chi connectivity index (χ3n) is 2.94. The number of aromatic nitrogens is 1. The molecular formula is C10H18N6OS. The van der Waals surface area contributed by atoms with Crippen LogP contribution in [0.25, 0.3) is 0 Å². The Bertz CT molecular complexity index is 426. The maximum atomic E-state index is 11.7. The number of piperazine rings is 1. The fourth-order valence-corrected chi connectivity index (χ4v) is 2.52. The first-order valence-corrected chi connectivity index (χ1v) is 6.56. The van der Waals surface area contributed by atoms with Gasteiger partial charge >= 0.3 is 0 Å². The molecule has 2 heterocycles. The highest BCUT2D eigenvalue weighted by Crippen LogP contribution is 2.27. The summed E-state index contributed by atoms with van der Waals surface area (Å²) in [6, 6.07) is 0. The van der Waals surface area contributed by atoms with Crippen LogP contribution in [-0.2, 0) is 0 Å². The molecule has 7 nitrogen and oxygen atoms in total. The molecule has 0 spiro atoms. The molecule has 0 aromatic carbocycles. The molecule has 18 heavy (non-hydrogen) atoms. The number of carbonyl (C=O) groups is 1. The lowest BCUT2D eigenvalue weighted by Crippen LogP contribution is -2.47. The van der Waals surface area contributed by atoms with E-state index in [0.717, 1.165) is 26.2 Å². The smallest absolute Gasteiger partial charge is 0.257 e. The van der Waals surface area contributed by atoms with Crippen LogP contribution in [0.4, 0.5) is 10.8 Å². The maximum Gasteiger partial charge on any atom is 0.257 e. The molecule has 100 valence electrons. The predicted molar refractivity (Wildman–Crippen MR) is 72.6 cm³/mol. The van der Waals surface area contributed by atoms with E-state index in [1.54, 1.807) is 7.05 Å². The second kappa shape index (κ2) is 5.51. The zero-order chi connectivity index (χ0) is 13.1. The number of hydrogen-bond donors (Lipinski definition) is 3. The average Bonchev–Trinajstić information content (AvgIpc) is 2.72. The largest absolute Gasteiger partial charge is 0.382 e. The summed E-state index contributed by atoms with van der Waals surface area (Å²) in [5.74, 6) is 0.0638. The molecule has 0 radical (unpaired) electrons. The molecule has 1 aromatic rings. The zero-order valence-electron chi connectivity index (χ0n) is 10.6. The minimum Gasteiger partial charge on any atom is -0.382 e. The molecule has 1 amide bonds. The highest BCUT2D eigenvalue weighted by molar-refractivity contribution is 7.11. The van der Waals surface area contributed by atoms with Gasteiger partial charge in [0.05, 0.1) is 0 Å². The Balaban J connectivity index is 2.07. The van der Waals surface area contributed by atoms with Crippen molar-refractivity contribution in [3.05, 3.63) is 5.56 Å². The second-order valence-electron chi connectivity index (χ2n) is 4.25. The van der Waals surface area contributed by atoms with Gasteiger partial charge in [0.2, 0.25) is 0 Å². The Hall–Kier alpha value is -1.38. The third-order valence-corrected chi connectivity index (χ3v) is 3.70. The van der Waals surface area contributed by atoms with Gasteiger partial charge in [0, 0.05) is 33.2 Å². The van der Waals surface area contributed by atoms with Crippen LogP contribution in [0.5, 0.6) is 0 Å². The van der Waals surface area contributed by atoms with Crippen molar-refractivity contribution < 1.29 is 4.79 Å². The lowest BCUT2D eigenvalue weighted by Gasteiger charge is -2.32. The summed E-state index contributed by atoms with van der Waals surface area (Å²) < 4.78 is 4.03. The van der Waals surface area contributed by atoms with Gasteiger partial charge in [-0.25, -0.2) is 5.01 Å². The lowest BCUT2D eigenvalue weighted by atomic mass is 10.3. The molecule has 2 rings (SSSR count). The number of nitrogens with one attached hydrogen (secondary N) is 2. The molecule has 0 atom stereocenters. The number of rotatable bonds is 3. The lowest BCUT2D eigenvalue weighted by molar-refractivity contribution is 0.0964. The van der Waals surface area contributed by atoms with Gasteiger partial charge in [0.25, 0.3) is 5.91 Å². The number of anilines is 2. The van der Waals surface area contributed by atoms with Gasteiger partial charge < -0.3 is 21.4 Å². The minimum absolute atomic E-state index is 0.210. The Morgan fingerprint density at radius 1 is 1.39 bits per heavy atom. The van der Waals surface area contributed by atoms with E-state index in [4.69, 9.17) is 5.73 Å². The summed E-state index contributed by atoms with van der Waals surface area (Å²) >= 11 is 1.21. The van der Waals surface area contributed by atoms with Gasteiger partial charge in [0.1, 0.15) is 10.6 Å². The monoisotopic (exact) mass is 270 g/mol. The van der Waals surface area contributed by atoms with E-state index in [9.17, 15) is 4.79 Å². The number of nitrogens with two attached hydrogens (primary N) is 1. The predicted octanol–water partition coefficient (Wildman–Crippen LogP) is -0.341. The van der Waals surface area contributed by atoms with Crippen LogP contribution < -0.4 is 16.5 Å². The summed E-state index contributed by atoms with van der Waals surface area (Å²) in [5.41, 5.74) is 9.38. The van der Waals surface area contributed by atoms with Crippen LogP contribution in [0.2, 0.25) is 0 Å². The van der Waals surface area contributed by atoms with Gasteiger partial charge in [-0.05, 0) is 18.6 Å². The summed E-state index contributed by atoms with van der Waals surface area (Å²) in [5, 5.41) is 5.36. The standard InChI is InChI=1S/C10H18N6OS/c1-12-9(17)7-8(11)14-18-10(7)13-16-5-3-15(2)4-6-16/h13H,3-6H2,1-2H3,(H2,11,14)(H,12,17). The van der Waals surface area contributed by atoms with Crippen molar-refractivity contribution in [3.63, 3.8) is 0 Å². The highest BCUT2D eigenvalue weighted by atomic mass is 32.1. The fourth-order valence-electron chi connectivity index (χ4n) is 1.79. The Kier molecular flexibility index (Phi) is 4.00. The number of hydrogen-bond acceptors (Lipinski definition) is 7. The zero-order valence-corrected chi connectivity index (χ0v) is 11.4. The summed E-state index contributed by atoms with van der Waals surface area (Å²) in [4.78, 5) is 14.0. The number of carbonyl (C=O) groups excluding carboxylic acids is 1. The van der Waals surface area contributed by atoms with Crippen LogP contribution in [0.1, 0.15) is 10.4 Å². The van der Waals surface area contributed by atoms with E-state index >= 15 is 0 Å². The number of amides is 1. The summed E-state index contributed by atoms with van der Waals surface area (Å²) in [7, 11) is 3.68. The molecular weight excluding hydrogens is 252 g/mol. The number of hydrazine groups is 1. The van der Waals surface area contributed by atoms with Crippen LogP contribution in [0.3, 0.4) is 0 Å². The van der Waals surface area contributed by atoms with E-state index < -0.39 is 0 Å². The molecule has 0 unspecified atom stereocenters. The quantitative estimate of drug-likeness (QED) is 0.696. The average molecular weight is 270 g/mol. The summed E-state index contributed by atoms with van der Waals surface area (Å²) in [6.07, 6.45) is 0. The van der Waals surface area contributed by atoms with Gasteiger partial charge in [-0.3, -0.25) is 4.79 Å². The van der Waals surface area contributed by atoms with E-state index in [0.29, 0.717) is 10.6 Å². The highest BCUT2D eigenvalue weighted by Gasteiger charge is 2.21. The Morgan fingerprint density at radius 2 is 2.06 bits per heavy atom. The maximum absolute atomic E-state index is 11.7. The van der Waals surface area contributed by atoms with E-state index in [1.165, 1.54) is 11.5 Å². The normalized spacial score (nSPS) is 17.7. The first-order valence-electron chi connectivity index (χ1n) is 5.79. The van der Waals surface area contributed by atoms with Crippen molar-refractivity contribution in [3.8, 4) is 0 Å². The van der Waals surface area contributed by atoms with Crippen LogP contribution in [0, 0.1) is 0 Å².